The van der Waals surface area contributed by atoms with Crippen LogP contribution in [0.5, 0.6) is 0 Å². The van der Waals surface area contributed by atoms with Crippen molar-refractivity contribution in [3.8, 4) is 0 Å². The zero-order valence-corrected chi connectivity index (χ0v) is 11.8. The third-order valence-electron chi connectivity index (χ3n) is 3.91. The number of benzene rings is 1. The van der Waals surface area contributed by atoms with Gasteiger partial charge in [0, 0.05) is 12.6 Å². The normalized spacial score (nSPS) is 21.4. The Kier molecular flexibility index (Phi) is 4.54. The van der Waals surface area contributed by atoms with Gasteiger partial charge in [0.25, 0.3) is 5.69 Å². The van der Waals surface area contributed by atoms with E-state index in [-0.39, 0.29) is 11.7 Å². The van der Waals surface area contributed by atoms with Crippen LogP contribution in [-0.4, -0.2) is 36.0 Å². The van der Waals surface area contributed by atoms with E-state index in [0.29, 0.717) is 11.6 Å². The number of likely N-dealkylation sites (tertiary alicyclic amines) is 1. The summed E-state index contributed by atoms with van der Waals surface area (Å²) in [5.74, 6) is -0.147. The Hall–Kier alpha value is -1.69. The van der Waals surface area contributed by atoms with E-state index >= 15 is 0 Å². The summed E-state index contributed by atoms with van der Waals surface area (Å²) in [5.41, 5.74) is 0.179. The van der Waals surface area contributed by atoms with E-state index in [1.807, 2.05) is 6.92 Å². The number of nitrogens with one attached hydrogen (secondary N) is 1. The summed E-state index contributed by atoms with van der Waals surface area (Å²) in [6, 6.07) is 3.76. The fourth-order valence-corrected chi connectivity index (χ4v) is 2.76. The van der Waals surface area contributed by atoms with Crippen LogP contribution < -0.4 is 5.32 Å². The second kappa shape index (κ2) is 6.17. The molecule has 1 N–H and O–H groups in total. The summed E-state index contributed by atoms with van der Waals surface area (Å²) in [6.07, 6.45) is 2.24. The number of hydrogen-bond acceptors (Lipinski definition) is 4. The van der Waals surface area contributed by atoms with Gasteiger partial charge in [-0.15, -0.1) is 0 Å². The molecule has 0 bridgehead atoms. The molecule has 0 amide bonds. The maximum Gasteiger partial charge on any atom is 0.295 e. The van der Waals surface area contributed by atoms with Crippen LogP contribution in [0.2, 0.25) is 0 Å². The molecule has 2 atom stereocenters. The Balaban J connectivity index is 2.11. The van der Waals surface area contributed by atoms with Gasteiger partial charge in [0.2, 0.25) is 0 Å². The molecular weight excluding hydrogens is 261 g/mol. The Morgan fingerprint density at radius 2 is 2.30 bits per heavy atom. The van der Waals surface area contributed by atoms with Crippen LogP contribution in [-0.2, 0) is 0 Å². The first kappa shape index (κ1) is 14.7. The minimum absolute atomic E-state index is 0.113. The van der Waals surface area contributed by atoms with E-state index in [4.69, 9.17) is 0 Å². The molecule has 5 nitrogen and oxygen atoms in total. The molecule has 1 heterocycles. The molecule has 0 aromatic heterocycles. The average Bonchev–Trinajstić information content (AvgIpc) is 2.40. The monoisotopic (exact) mass is 281 g/mol. The van der Waals surface area contributed by atoms with Crippen molar-refractivity contribution in [2.75, 3.05) is 25.5 Å². The van der Waals surface area contributed by atoms with Crippen molar-refractivity contribution in [3.63, 3.8) is 0 Å². The molecule has 0 aliphatic carbocycles. The summed E-state index contributed by atoms with van der Waals surface area (Å²) in [5, 5.41) is 14.1. The zero-order chi connectivity index (χ0) is 14.7. The first-order valence-corrected chi connectivity index (χ1v) is 6.86. The molecule has 1 aliphatic heterocycles. The molecule has 20 heavy (non-hydrogen) atoms. The predicted molar refractivity (Wildman–Crippen MR) is 76.4 cm³/mol. The molecule has 1 fully saturated rings. The van der Waals surface area contributed by atoms with Gasteiger partial charge >= 0.3 is 0 Å². The summed E-state index contributed by atoms with van der Waals surface area (Å²) < 4.78 is 13.1. The van der Waals surface area contributed by atoms with Crippen molar-refractivity contribution >= 4 is 11.4 Å². The molecule has 1 saturated heterocycles. The number of halogens is 1. The highest BCUT2D eigenvalue weighted by Gasteiger charge is 2.24. The van der Waals surface area contributed by atoms with E-state index in [2.05, 4.69) is 17.3 Å². The summed E-state index contributed by atoms with van der Waals surface area (Å²) in [7, 11) is 2.08. The molecule has 0 radical (unpaired) electrons. The number of piperidine rings is 1. The second-order valence-electron chi connectivity index (χ2n) is 5.52. The molecule has 0 spiro atoms. The van der Waals surface area contributed by atoms with Crippen LogP contribution in [0, 0.1) is 21.8 Å². The van der Waals surface area contributed by atoms with E-state index in [9.17, 15) is 14.5 Å². The highest BCUT2D eigenvalue weighted by Crippen LogP contribution is 2.28. The third kappa shape index (κ3) is 3.45. The van der Waals surface area contributed by atoms with Crippen LogP contribution >= 0.6 is 0 Å². The Morgan fingerprint density at radius 3 is 2.95 bits per heavy atom. The number of nitro groups is 1. The van der Waals surface area contributed by atoms with E-state index in [1.54, 1.807) is 0 Å². The number of nitrogens with zero attached hydrogens (tertiary/aromatic N) is 2. The van der Waals surface area contributed by atoms with Gasteiger partial charge in [0.1, 0.15) is 11.5 Å². The topological polar surface area (TPSA) is 58.4 Å². The molecule has 110 valence electrons. The fraction of sp³-hybridized carbons (Fsp3) is 0.571. The van der Waals surface area contributed by atoms with Gasteiger partial charge in [-0.05, 0) is 51.4 Å². The number of rotatable bonds is 4. The van der Waals surface area contributed by atoms with Gasteiger partial charge in [-0.1, -0.05) is 0 Å². The fourth-order valence-electron chi connectivity index (χ4n) is 2.76. The quantitative estimate of drug-likeness (QED) is 0.681. The number of hydrogen-bond donors (Lipinski definition) is 1. The van der Waals surface area contributed by atoms with E-state index in [1.165, 1.54) is 12.1 Å². The van der Waals surface area contributed by atoms with E-state index in [0.717, 1.165) is 32.0 Å². The lowest BCUT2D eigenvalue weighted by atomic mass is 9.91. The lowest BCUT2D eigenvalue weighted by molar-refractivity contribution is -0.384. The van der Waals surface area contributed by atoms with Gasteiger partial charge < -0.3 is 10.2 Å². The van der Waals surface area contributed by atoms with Gasteiger partial charge in [0.15, 0.2) is 0 Å². The molecule has 0 saturated carbocycles. The predicted octanol–water partition coefficient (Wildman–Crippen LogP) is 2.88. The Morgan fingerprint density at radius 1 is 1.55 bits per heavy atom. The summed E-state index contributed by atoms with van der Waals surface area (Å²) >= 11 is 0. The number of nitro benzene ring substituents is 1. The van der Waals surface area contributed by atoms with Crippen molar-refractivity contribution in [2.45, 2.75) is 25.8 Å². The van der Waals surface area contributed by atoms with Crippen molar-refractivity contribution in [1.82, 2.24) is 4.90 Å². The zero-order valence-electron chi connectivity index (χ0n) is 11.8. The average molecular weight is 281 g/mol. The maximum atomic E-state index is 13.1. The highest BCUT2D eigenvalue weighted by atomic mass is 19.1. The van der Waals surface area contributed by atoms with Gasteiger partial charge in [0.05, 0.1) is 11.0 Å². The van der Waals surface area contributed by atoms with Gasteiger partial charge in [-0.2, -0.15) is 0 Å². The van der Waals surface area contributed by atoms with Crippen LogP contribution in [0.15, 0.2) is 18.2 Å². The van der Waals surface area contributed by atoms with Crippen LogP contribution in [0.1, 0.15) is 19.8 Å². The molecule has 1 aromatic rings. The largest absolute Gasteiger partial charge is 0.377 e. The molecular formula is C14H20FN3O2. The van der Waals surface area contributed by atoms with Crippen molar-refractivity contribution in [1.29, 1.82) is 0 Å². The standard InChI is InChI=1S/C14H20FN3O2/c1-10(11-4-3-7-17(2)9-11)16-13-6-5-12(15)8-14(13)18(19)20/h5-6,8,10-11,16H,3-4,7,9H2,1-2H3. The molecule has 1 aliphatic rings. The Bertz CT molecular complexity index is 495. The first-order valence-electron chi connectivity index (χ1n) is 6.86. The lowest BCUT2D eigenvalue weighted by Crippen LogP contribution is -2.39. The lowest BCUT2D eigenvalue weighted by Gasteiger charge is -2.34. The summed E-state index contributed by atoms with van der Waals surface area (Å²) in [4.78, 5) is 12.7. The van der Waals surface area contributed by atoms with Gasteiger partial charge in [-0.3, -0.25) is 10.1 Å². The molecule has 2 rings (SSSR count). The van der Waals surface area contributed by atoms with Crippen molar-refractivity contribution < 1.29 is 9.31 Å². The van der Waals surface area contributed by atoms with Crippen molar-refractivity contribution in [3.05, 3.63) is 34.1 Å². The SMILES string of the molecule is CC(Nc1ccc(F)cc1[N+](=O)[O-])C1CCCN(C)C1. The maximum absolute atomic E-state index is 13.1. The van der Waals surface area contributed by atoms with Crippen LogP contribution in [0.4, 0.5) is 15.8 Å². The smallest absolute Gasteiger partial charge is 0.295 e. The first-order chi connectivity index (χ1) is 9.47. The van der Waals surface area contributed by atoms with E-state index < -0.39 is 10.7 Å². The van der Waals surface area contributed by atoms with Crippen LogP contribution in [0.3, 0.4) is 0 Å². The number of anilines is 1. The molecule has 6 heteroatoms. The highest BCUT2D eigenvalue weighted by molar-refractivity contribution is 5.61. The minimum Gasteiger partial charge on any atom is -0.377 e. The summed E-state index contributed by atoms with van der Waals surface area (Å²) in [6.45, 7) is 4.10. The Labute approximate surface area is 117 Å². The third-order valence-corrected chi connectivity index (χ3v) is 3.91. The molecule has 2 unspecified atom stereocenters. The van der Waals surface area contributed by atoms with Crippen LogP contribution in [0.25, 0.3) is 0 Å². The van der Waals surface area contributed by atoms with Crippen molar-refractivity contribution in [2.24, 2.45) is 5.92 Å². The van der Waals surface area contributed by atoms with Gasteiger partial charge in [-0.25, -0.2) is 4.39 Å². The molecule has 1 aromatic carbocycles. The second-order valence-corrected chi connectivity index (χ2v) is 5.52. The minimum atomic E-state index is -0.590.